The average Bonchev–Trinajstić information content (AvgIpc) is 2.91. The zero-order valence-electron chi connectivity index (χ0n) is 10.9. The Morgan fingerprint density at radius 1 is 1.17 bits per heavy atom. The van der Waals surface area contributed by atoms with Crippen molar-refractivity contribution in [2.45, 2.75) is 6.42 Å². The lowest BCUT2D eigenvalue weighted by Crippen LogP contribution is -2.26. The van der Waals surface area contributed by atoms with Gasteiger partial charge in [0.15, 0.2) is 0 Å². The molecule has 2 heteroatoms. The molecule has 1 aliphatic heterocycles. The maximum atomic E-state index is 3.44. The van der Waals surface area contributed by atoms with Crippen LogP contribution in [0.15, 0.2) is 42.5 Å². The standard InChI is InChI=1S/C16H20N2/c1-18(12-13-9-10-17-11-13)16-8-4-6-14-5-2-3-7-15(14)16/h2-8,13,17H,9-12H2,1H3. The molecule has 1 saturated heterocycles. The Hall–Kier alpha value is -1.54. The van der Waals surface area contributed by atoms with Gasteiger partial charge in [0, 0.05) is 24.7 Å². The van der Waals surface area contributed by atoms with Gasteiger partial charge in [-0.1, -0.05) is 36.4 Å². The van der Waals surface area contributed by atoms with Gasteiger partial charge in [-0.25, -0.2) is 0 Å². The summed E-state index contributed by atoms with van der Waals surface area (Å²) in [4.78, 5) is 2.40. The van der Waals surface area contributed by atoms with Crippen LogP contribution in [0.3, 0.4) is 0 Å². The topological polar surface area (TPSA) is 15.3 Å². The van der Waals surface area contributed by atoms with E-state index in [0.29, 0.717) is 0 Å². The van der Waals surface area contributed by atoms with Crippen molar-refractivity contribution in [1.29, 1.82) is 0 Å². The third kappa shape index (κ3) is 2.21. The highest BCUT2D eigenvalue weighted by atomic mass is 15.1. The fourth-order valence-electron chi connectivity index (χ4n) is 2.90. The van der Waals surface area contributed by atoms with Gasteiger partial charge in [0.25, 0.3) is 0 Å². The van der Waals surface area contributed by atoms with E-state index < -0.39 is 0 Å². The quantitative estimate of drug-likeness (QED) is 0.887. The number of nitrogens with one attached hydrogen (secondary N) is 1. The predicted molar refractivity (Wildman–Crippen MR) is 78.2 cm³/mol. The summed E-state index contributed by atoms with van der Waals surface area (Å²) in [5, 5.41) is 6.12. The number of anilines is 1. The van der Waals surface area contributed by atoms with E-state index in [9.17, 15) is 0 Å². The second-order valence-electron chi connectivity index (χ2n) is 5.24. The van der Waals surface area contributed by atoms with Gasteiger partial charge < -0.3 is 10.2 Å². The Morgan fingerprint density at radius 3 is 2.83 bits per heavy atom. The zero-order chi connectivity index (χ0) is 12.4. The molecule has 0 bridgehead atoms. The van der Waals surface area contributed by atoms with E-state index in [1.807, 2.05) is 0 Å². The number of hydrogen-bond donors (Lipinski definition) is 1. The lowest BCUT2D eigenvalue weighted by molar-refractivity contribution is 0.579. The summed E-state index contributed by atoms with van der Waals surface area (Å²) in [5.74, 6) is 0.786. The van der Waals surface area contributed by atoms with Crippen LogP contribution in [-0.2, 0) is 0 Å². The van der Waals surface area contributed by atoms with E-state index in [4.69, 9.17) is 0 Å². The molecule has 1 fully saturated rings. The molecule has 3 rings (SSSR count). The monoisotopic (exact) mass is 240 g/mol. The average molecular weight is 240 g/mol. The Morgan fingerprint density at radius 2 is 2.00 bits per heavy atom. The molecule has 0 saturated carbocycles. The van der Waals surface area contributed by atoms with Crippen LogP contribution >= 0.6 is 0 Å². The SMILES string of the molecule is CN(CC1CCNC1)c1cccc2ccccc12. The molecule has 2 aromatic carbocycles. The van der Waals surface area contributed by atoms with Gasteiger partial charge in [-0.3, -0.25) is 0 Å². The van der Waals surface area contributed by atoms with Crippen molar-refractivity contribution in [2.24, 2.45) is 5.92 Å². The van der Waals surface area contributed by atoms with Crippen LogP contribution in [0, 0.1) is 5.92 Å². The maximum absolute atomic E-state index is 3.44. The maximum Gasteiger partial charge on any atom is 0.0443 e. The highest BCUT2D eigenvalue weighted by Gasteiger charge is 2.17. The number of benzene rings is 2. The summed E-state index contributed by atoms with van der Waals surface area (Å²) in [6.45, 7) is 3.48. The summed E-state index contributed by atoms with van der Waals surface area (Å²) in [7, 11) is 2.21. The minimum atomic E-state index is 0.786. The van der Waals surface area contributed by atoms with Crippen molar-refractivity contribution < 1.29 is 0 Å². The second-order valence-corrected chi connectivity index (χ2v) is 5.24. The molecule has 2 aromatic rings. The summed E-state index contributed by atoms with van der Waals surface area (Å²) in [5.41, 5.74) is 1.35. The molecule has 1 aliphatic rings. The summed E-state index contributed by atoms with van der Waals surface area (Å²) in [6, 6.07) is 15.2. The minimum Gasteiger partial charge on any atom is -0.374 e. The molecule has 0 aromatic heterocycles. The first kappa shape index (κ1) is 11.5. The van der Waals surface area contributed by atoms with Gasteiger partial charge in [0.2, 0.25) is 0 Å². The number of nitrogens with zero attached hydrogens (tertiary/aromatic N) is 1. The fourth-order valence-corrected chi connectivity index (χ4v) is 2.90. The molecule has 1 atom stereocenters. The molecule has 2 nitrogen and oxygen atoms in total. The van der Waals surface area contributed by atoms with Crippen molar-refractivity contribution in [1.82, 2.24) is 5.32 Å². The number of rotatable bonds is 3. The minimum absolute atomic E-state index is 0.786. The third-order valence-corrected chi connectivity index (χ3v) is 3.87. The molecule has 0 radical (unpaired) electrons. The molecule has 1 N–H and O–H groups in total. The third-order valence-electron chi connectivity index (χ3n) is 3.87. The summed E-state index contributed by atoms with van der Waals surface area (Å²) >= 11 is 0. The molecular weight excluding hydrogens is 220 g/mol. The van der Waals surface area contributed by atoms with Gasteiger partial charge in [0.05, 0.1) is 0 Å². The van der Waals surface area contributed by atoms with Crippen LogP contribution in [0.25, 0.3) is 10.8 Å². The van der Waals surface area contributed by atoms with Crippen LogP contribution in [0.1, 0.15) is 6.42 Å². The molecular formula is C16H20N2. The molecule has 1 unspecified atom stereocenters. The molecule has 0 amide bonds. The first-order valence-electron chi connectivity index (χ1n) is 6.74. The van der Waals surface area contributed by atoms with Crippen molar-refractivity contribution in [3.05, 3.63) is 42.5 Å². The zero-order valence-corrected chi connectivity index (χ0v) is 10.9. The molecule has 94 valence electrons. The Labute approximate surface area is 109 Å². The van der Waals surface area contributed by atoms with E-state index in [1.165, 1.54) is 29.4 Å². The molecule has 18 heavy (non-hydrogen) atoms. The van der Waals surface area contributed by atoms with Gasteiger partial charge >= 0.3 is 0 Å². The molecule has 0 spiro atoms. The van der Waals surface area contributed by atoms with Crippen LogP contribution in [0.5, 0.6) is 0 Å². The summed E-state index contributed by atoms with van der Waals surface area (Å²) in [6.07, 6.45) is 1.30. The largest absolute Gasteiger partial charge is 0.374 e. The van der Waals surface area contributed by atoms with Crippen LogP contribution in [0.4, 0.5) is 5.69 Å². The molecule has 0 aliphatic carbocycles. The van der Waals surface area contributed by atoms with Crippen molar-refractivity contribution in [3.8, 4) is 0 Å². The van der Waals surface area contributed by atoms with E-state index in [0.717, 1.165) is 19.0 Å². The number of hydrogen-bond acceptors (Lipinski definition) is 2. The lowest BCUT2D eigenvalue weighted by Gasteiger charge is -2.24. The molecule has 1 heterocycles. The highest BCUT2D eigenvalue weighted by Crippen LogP contribution is 2.26. The van der Waals surface area contributed by atoms with Crippen molar-refractivity contribution in [3.63, 3.8) is 0 Å². The van der Waals surface area contributed by atoms with Gasteiger partial charge in [-0.05, 0) is 36.9 Å². The van der Waals surface area contributed by atoms with Crippen LogP contribution < -0.4 is 10.2 Å². The van der Waals surface area contributed by atoms with E-state index >= 15 is 0 Å². The number of fused-ring (bicyclic) bond motifs is 1. The predicted octanol–water partition coefficient (Wildman–Crippen LogP) is 2.89. The van der Waals surface area contributed by atoms with Gasteiger partial charge in [-0.2, -0.15) is 0 Å². The first-order valence-corrected chi connectivity index (χ1v) is 6.74. The smallest absolute Gasteiger partial charge is 0.0443 e. The van der Waals surface area contributed by atoms with E-state index in [1.54, 1.807) is 0 Å². The van der Waals surface area contributed by atoms with Gasteiger partial charge in [-0.15, -0.1) is 0 Å². The van der Waals surface area contributed by atoms with Crippen LogP contribution in [-0.4, -0.2) is 26.7 Å². The van der Waals surface area contributed by atoms with Crippen molar-refractivity contribution in [2.75, 3.05) is 31.6 Å². The fraction of sp³-hybridized carbons (Fsp3) is 0.375. The van der Waals surface area contributed by atoms with E-state index in [-0.39, 0.29) is 0 Å². The van der Waals surface area contributed by atoms with E-state index in [2.05, 4.69) is 59.7 Å². The lowest BCUT2D eigenvalue weighted by atomic mass is 10.1. The van der Waals surface area contributed by atoms with Crippen LogP contribution in [0.2, 0.25) is 0 Å². The van der Waals surface area contributed by atoms with Gasteiger partial charge in [0.1, 0.15) is 0 Å². The normalized spacial score (nSPS) is 19.3. The second kappa shape index (κ2) is 4.99. The summed E-state index contributed by atoms with van der Waals surface area (Å²) < 4.78 is 0. The van der Waals surface area contributed by atoms with Crippen molar-refractivity contribution >= 4 is 16.5 Å². The Balaban J connectivity index is 1.88. The highest BCUT2D eigenvalue weighted by molar-refractivity contribution is 5.94. The Bertz CT molecular complexity index is 524. The first-order chi connectivity index (χ1) is 8.84. The Kier molecular flexibility index (Phi) is 3.20.